The lowest BCUT2D eigenvalue weighted by atomic mass is 10.0. The van der Waals surface area contributed by atoms with Gasteiger partial charge in [0, 0.05) is 6.42 Å². The van der Waals surface area contributed by atoms with E-state index in [-0.39, 0.29) is 6.42 Å². The van der Waals surface area contributed by atoms with Crippen molar-refractivity contribution in [1.82, 2.24) is 0 Å². The number of carboxylic acids is 1. The van der Waals surface area contributed by atoms with Gasteiger partial charge in [0.1, 0.15) is 0 Å². The monoisotopic (exact) mass is 217 g/mol. The Bertz CT molecular complexity index is 393. The first-order valence-electron chi connectivity index (χ1n) is 5.43. The van der Waals surface area contributed by atoms with Gasteiger partial charge in [0.05, 0.1) is 11.6 Å². The van der Waals surface area contributed by atoms with Gasteiger partial charge < -0.3 is 5.11 Å². The minimum absolute atomic E-state index is 0.248. The average molecular weight is 217 g/mol. The molecule has 0 saturated heterocycles. The number of unbranched alkanes of at least 4 members (excludes halogenated alkanes) is 2. The summed E-state index contributed by atoms with van der Waals surface area (Å²) in [5.74, 6) is -0.730. The molecule has 0 aliphatic heterocycles. The van der Waals surface area contributed by atoms with Gasteiger partial charge in [-0.3, -0.25) is 4.79 Å². The van der Waals surface area contributed by atoms with Gasteiger partial charge in [-0.25, -0.2) is 0 Å². The number of nitrogens with zero attached hydrogens (tertiary/aromatic N) is 1. The molecule has 0 unspecified atom stereocenters. The molecule has 0 fully saturated rings. The molecule has 3 heteroatoms. The van der Waals surface area contributed by atoms with Gasteiger partial charge >= 0.3 is 5.97 Å². The van der Waals surface area contributed by atoms with Gasteiger partial charge in [0.25, 0.3) is 0 Å². The van der Waals surface area contributed by atoms with Crippen LogP contribution in [0.4, 0.5) is 0 Å². The second-order valence-corrected chi connectivity index (χ2v) is 3.77. The number of nitriles is 1. The maximum Gasteiger partial charge on any atom is 0.303 e. The van der Waals surface area contributed by atoms with E-state index in [1.807, 2.05) is 18.2 Å². The zero-order chi connectivity index (χ0) is 11.8. The largest absolute Gasteiger partial charge is 0.481 e. The van der Waals surface area contributed by atoms with E-state index >= 15 is 0 Å². The van der Waals surface area contributed by atoms with Crippen LogP contribution in [-0.2, 0) is 11.2 Å². The summed E-state index contributed by atoms with van der Waals surface area (Å²) in [4.78, 5) is 10.3. The summed E-state index contributed by atoms with van der Waals surface area (Å²) in [6.07, 6.45) is 3.78. The predicted molar refractivity (Wildman–Crippen MR) is 61.0 cm³/mol. The van der Waals surface area contributed by atoms with E-state index in [1.165, 1.54) is 0 Å². The molecule has 0 atom stereocenters. The minimum atomic E-state index is -0.730. The van der Waals surface area contributed by atoms with E-state index in [0.29, 0.717) is 5.56 Å². The highest BCUT2D eigenvalue weighted by Crippen LogP contribution is 2.09. The molecule has 1 N–H and O–H groups in total. The molecule has 0 amide bonds. The summed E-state index contributed by atoms with van der Waals surface area (Å²) in [7, 11) is 0. The number of aliphatic carboxylic acids is 1. The molecule has 0 bridgehead atoms. The molecule has 3 nitrogen and oxygen atoms in total. The van der Waals surface area contributed by atoms with E-state index < -0.39 is 5.97 Å². The van der Waals surface area contributed by atoms with Crippen molar-refractivity contribution < 1.29 is 9.90 Å². The van der Waals surface area contributed by atoms with Crippen molar-refractivity contribution in [3.8, 4) is 6.07 Å². The number of carboxylic acid groups (broad SMARTS) is 1. The fourth-order valence-electron chi connectivity index (χ4n) is 1.58. The summed E-state index contributed by atoms with van der Waals surface area (Å²) in [6.45, 7) is 0. The zero-order valence-corrected chi connectivity index (χ0v) is 9.15. The van der Waals surface area contributed by atoms with Crippen LogP contribution < -0.4 is 0 Å². The van der Waals surface area contributed by atoms with Gasteiger partial charge in [-0.2, -0.15) is 5.26 Å². The Labute approximate surface area is 95.3 Å². The Morgan fingerprint density at radius 2 is 2.12 bits per heavy atom. The second-order valence-electron chi connectivity index (χ2n) is 3.77. The summed E-state index contributed by atoms with van der Waals surface area (Å²) in [5, 5.41) is 17.2. The highest BCUT2D eigenvalue weighted by atomic mass is 16.4. The lowest BCUT2D eigenvalue weighted by molar-refractivity contribution is -0.137. The van der Waals surface area contributed by atoms with Crippen LogP contribution in [0.2, 0.25) is 0 Å². The summed E-state index contributed by atoms with van der Waals surface area (Å²) < 4.78 is 0. The topological polar surface area (TPSA) is 61.1 Å². The molecule has 0 spiro atoms. The van der Waals surface area contributed by atoms with Crippen molar-refractivity contribution in [1.29, 1.82) is 5.26 Å². The predicted octanol–water partition coefficient (Wildman–Crippen LogP) is 2.75. The molecule has 0 aromatic heterocycles. The van der Waals surface area contributed by atoms with Crippen LogP contribution in [-0.4, -0.2) is 11.1 Å². The fraction of sp³-hybridized carbons (Fsp3) is 0.385. The van der Waals surface area contributed by atoms with Gasteiger partial charge in [-0.15, -0.1) is 0 Å². The number of carbonyl (C=O) groups is 1. The van der Waals surface area contributed by atoms with Crippen LogP contribution in [0, 0.1) is 11.3 Å². The van der Waals surface area contributed by atoms with Crippen LogP contribution >= 0.6 is 0 Å². The molecule has 84 valence electrons. The van der Waals surface area contributed by atoms with Gasteiger partial charge in [0.15, 0.2) is 0 Å². The summed E-state index contributed by atoms with van der Waals surface area (Å²) in [5.41, 5.74) is 1.83. The molecule has 1 aromatic rings. The molecular formula is C13H15NO2. The van der Waals surface area contributed by atoms with Gasteiger partial charge in [-0.1, -0.05) is 18.6 Å². The lowest BCUT2D eigenvalue weighted by Crippen LogP contribution is -1.94. The van der Waals surface area contributed by atoms with E-state index in [0.717, 1.165) is 31.2 Å². The molecule has 16 heavy (non-hydrogen) atoms. The molecule has 0 aliphatic rings. The Kier molecular flexibility index (Phi) is 5.07. The van der Waals surface area contributed by atoms with Crippen LogP contribution in [0.5, 0.6) is 0 Å². The van der Waals surface area contributed by atoms with Crippen molar-refractivity contribution in [2.24, 2.45) is 0 Å². The third kappa shape index (κ3) is 4.61. The third-order valence-electron chi connectivity index (χ3n) is 2.41. The molecule has 0 aliphatic carbocycles. The molecule has 0 saturated carbocycles. The number of aryl methyl sites for hydroxylation is 1. The van der Waals surface area contributed by atoms with Crippen molar-refractivity contribution in [3.05, 3.63) is 35.4 Å². The van der Waals surface area contributed by atoms with Gasteiger partial charge in [0.2, 0.25) is 0 Å². The van der Waals surface area contributed by atoms with Crippen molar-refractivity contribution >= 4 is 5.97 Å². The molecule has 1 aromatic carbocycles. The minimum Gasteiger partial charge on any atom is -0.481 e. The Morgan fingerprint density at radius 3 is 2.81 bits per heavy atom. The van der Waals surface area contributed by atoms with Crippen molar-refractivity contribution in [2.75, 3.05) is 0 Å². The maximum atomic E-state index is 10.3. The highest BCUT2D eigenvalue weighted by Gasteiger charge is 1.98. The Morgan fingerprint density at radius 1 is 1.31 bits per heavy atom. The standard InChI is InChI=1S/C13H15NO2/c14-10-12-7-4-6-11(9-12)5-2-1-3-8-13(15)16/h4,6-7,9H,1-3,5,8H2,(H,15,16). The number of hydrogen-bond acceptors (Lipinski definition) is 2. The molecule has 0 heterocycles. The first-order valence-corrected chi connectivity index (χ1v) is 5.43. The maximum absolute atomic E-state index is 10.3. The van der Waals surface area contributed by atoms with Crippen LogP contribution in [0.3, 0.4) is 0 Å². The smallest absolute Gasteiger partial charge is 0.303 e. The summed E-state index contributed by atoms with van der Waals surface area (Å²) in [6, 6.07) is 9.66. The lowest BCUT2D eigenvalue weighted by Gasteiger charge is -2.01. The van der Waals surface area contributed by atoms with Gasteiger partial charge in [-0.05, 0) is 37.0 Å². The first kappa shape index (κ1) is 12.3. The van der Waals surface area contributed by atoms with E-state index in [9.17, 15) is 4.79 Å². The number of benzene rings is 1. The quantitative estimate of drug-likeness (QED) is 0.745. The zero-order valence-electron chi connectivity index (χ0n) is 9.15. The number of rotatable bonds is 6. The van der Waals surface area contributed by atoms with Crippen LogP contribution in [0.1, 0.15) is 36.8 Å². The molecular weight excluding hydrogens is 202 g/mol. The van der Waals surface area contributed by atoms with Crippen molar-refractivity contribution in [2.45, 2.75) is 32.1 Å². The average Bonchev–Trinajstić information content (AvgIpc) is 2.28. The number of hydrogen-bond donors (Lipinski definition) is 1. The van der Waals surface area contributed by atoms with E-state index in [1.54, 1.807) is 6.07 Å². The van der Waals surface area contributed by atoms with Crippen LogP contribution in [0.25, 0.3) is 0 Å². The molecule has 0 radical (unpaired) electrons. The highest BCUT2D eigenvalue weighted by molar-refractivity contribution is 5.66. The normalized spacial score (nSPS) is 9.69. The summed E-state index contributed by atoms with van der Waals surface area (Å²) >= 11 is 0. The third-order valence-corrected chi connectivity index (χ3v) is 2.41. The van der Waals surface area contributed by atoms with E-state index in [2.05, 4.69) is 6.07 Å². The second kappa shape index (κ2) is 6.62. The van der Waals surface area contributed by atoms with Crippen LogP contribution in [0.15, 0.2) is 24.3 Å². The Hall–Kier alpha value is -1.82. The van der Waals surface area contributed by atoms with E-state index in [4.69, 9.17) is 10.4 Å². The SMILES string of the molecule is N#Cc1cccc(CCCCCC(=O)O)c1. The van der Waals surface area contributed by atoms with Crippen molar-refractivity contribution in [3.63, 3.8) is 0 Å². The molecule has 1 rings (SSSR count). The Balaban J connectivity index is 2.27. The first-order chi connectivity index (χ1) is 7.72. The fourth-order valence-corrected chi connectivity index (χ4v) is 1.58.